The van der Waals surface area contributed by atoms with Crippen LogP contribution in [0.5, 0.6) is 0 Å². The largest absolute Gasteiger partial charge is 0.339 e. The number of rotatable bonds is 4. The van der Waals surface area contributed by atoms with E-state index in [0.29, 0.717) is 18.0 Å². The number of amides is 1. The molecule has 1 aliphatic heterocycles. The Morgan fingerprint density at radius 1 is 1.29 bits per heavy atom. The fourth-order valence-electron chi connectivity index (χ4n) is 2.92. The lowest BCUT2D eigenvalue weighted by molar-refractivity contribution is -0.126. The summed E-state index contributed by atoms with van der Waals surface area (Å²) in [5.74, 6) is -0.464. The Morgan fingerprint density at radius 3 is 2.43 bits per heavy atom. The Balaban J connectivity index is 2.02. The lowest BCUT2D eigenvalue weighted by Gasteiger charge is -2.35. The zero-order valence-corrected chi connectivity index (χ0v) is 13.3. The normalized spacial score (nSPS) is 21.2. The SMILES string of the molecule is CN(CC1CCN(C)C1(C)C)C(=O)C(=O)c1ccccc1. The van der Waals surface area contributed by atoms with Crippen LogP contribution in [0.3, 0.4) is 0 Å². The van der Waals surface area contributed by atoms with Gasteiger partial charge in [-0.25, -0.2) is 0 Å². The van der Waals surface area contributed by atoms with Crippen molar-refractivity contribution in [2.24, 2.45) is 5.92 Å². The van der Waals surface area contributed by atoms with Crippen molar-refractivity contribution in [1.29, 1.82) is 0 Å². The van der Waals surface area contributed by atoms with Crippen LogP contribution in [0.1, 0.15) is 30.6 Å². The molecule has 1 aromatic rings. The first-order chi connectivity index (χ1) is 9.84. The second-order valence-electron chi connectivity index (χ2n) is 6.44. The van der Waals surface area contributed by atoms with Gasteiger partial charge in [0.15, 0.2) is 0 Å². The van der Waals surface area contributed by atoms with Gasteiger partial charge in [0.1, 0.15) is 0 Å². The maximum absolute atomic E-state index is 12.3. The van der Waals surface area contributed by atoms with E-state index >= 15 is 0 Å². The van der Waals surface area contributed by atoms with Crippen molar-refractivity contribution in [3.63, 3.8) is 0 Å². The van der Waals surface area contributed by atoms with Crippen LogP contribution in [0, 0.1) is 5.92 Å². The molecule has 0 bridgehead atoms. The first-order valence-electron chi connectivity index (χ1n) is 7.40. The van der Waals surface area contributed by atoms with Crippen LogP contribution in [0.15, 0.2) is 30.3 Å². The Morgan fingerprint density at radius 2 is 1.90 bits per heavy atom. The summed E-state index contributed by atoms with van der Waals surface area (Å²) < 4.78 is 0. The van der Waals surface area contributed by atoms with E-state index in [0.717, 1.165) is 13.0 Å². The second kappa shape index (κ2) is 5.98. The third-order valence-electron chi connectivity index (χ3n) is 4.87. The number of hydrogen-bond donors (Lipinski definition) is 0. The van der Waals surface area contributed by atoms with Gasteiger partial charge >= 0.3 is 0 Å². The van der Waals surface area contributed by atoms with Gasteiger partial charge in [-0.2, -0.15) is 0 Å². The molecule has 0 saturated carbocycles. The third kappa shape index (κ3) is 3.16. The average Bonchev–Trinajstić information content (AvgIpc) is 2.73. The Bertz CT molecular complexity index is 525. The minimum Gasteiger partial charge on any atom is -0.339 e. The summed E-state index contributed by atoms with van der Waals surface area (Å²) in [6.45, 7) is 6.05. The number of benzene rings is 1. The van der Waals surface area contributed by atoms with Crippen LogP contribution >= 0.6 is 0 Å². The van der Waals surface area contributed by atoms with E-state index in [1.54, 1.807) is 36.2 Å². The average molecular weight is 288 g/mol. The number of carbonyl (C=O) groups excluding carboxylic acids is 2. The molecule has 1 amide bonds. The minimum atomic E-state index is -0.428. The van der Waals surface area contributed by atoms with Crippen molar-refractivity contribution in [1.82, 2.24) is 9.80 Å². The van der Waals surface area contributed by atoms with Gasteiger partial charge in [-0.15, -0.1) is 0 Å². The van der Waals surface area contributed by atoms with Crippen LogP contribution < -0.4 is 0 Å². The maximum Gasteiger partial charge on any atom is 0.294 e. The molecule has 1 fully saturated rings. The van der Waals surface area contributed by atoms with Gasteiger partial charge in [-0.1, -0.05) is 30.3 Å². The number of Topliss-reactive ketones (excluding diaryl/α,β-unsaturated/α-hetero) is 1. The molecule has 1 aliphatic rings. The molecule has 114 valence electrons. The summed E-state index contributed by atoms with van der Waals surface area (Å²) in [4.78, 5) is 28.4. The molecule has 21 heavy (non-hydrogen) atoms. The number of nitrogens with zero attached hydrogens (tertiary/aromatic N) is 2. The molecule has 1 saturated heterocycles. The van der Waals surface area contributed by atoms with Gasteiger partial charge < -0.3 is 9.80 Å². The standard InChI is InChI=1S/C17H24N2O2/c1-17(2)14(10-11-19(17)4)12-18(3)16(21)15(20)13-8-6-5-7-9-13/h5-9,14H,10-12H2,1-4H3. The summed E-state index contributed by atoms with van der Waals surface area (Å²) in [6, 6.07) is 8.75. The van der Waals surface area contributed by atoms with Crippen LogP contribution in [0.2, 0.25) is 0 Å². The molecule has 1 aromatic carbocycles. The van der Waals surface area contributed by atoms with Gasteiger partial charge in [0.25, 0.3) is 5.91 Å². The predicted octanol–water partition coefficient (Wildman–Crippen LogP) is 2.06. The molecule has 0 spiro atoms. The first-order valence-corrected chi connectivity index (χ1v) is 7.40. The number of likely N-dealkylation sites (N-methyl/N-ethyl adjacent to an activating group) is 1. The zero-order valence-electron chi connectivity index (χ0n) is 13.3. The van der Waals surface area contributed by atoms with Gasteiger partial charge in [0.2, 0.25) is 5.78 Å². The third-order valence-corrected chi connectivity index (χ3v) is 4.87. The molecule has 1 heterocycles. The van der Waals surface area contributed by atoms with Crippen LogP contribution in [0.25, 0.3) is 0 Å². The molecular weight excluding hydrogens is 264 g/mol. The number of likely N-dealkylation sites (tertiary alicyclic amines) is 1. The van der Waals surface area contributed by atoms with Crippen molar-refractivity contribution >= 4 is 11.7 Å². The van der Waals surface area contributed by atoms with E-state index in [9.17, 15) is 9.59 Å². The maximum atomic E-state index is 12.3. The zero-order chi connectivity index (χ0) is 15.6. The van der Waals surface area contributed by atoms with E-state index in [2.05, 4.69) is 25.8 Å². The van der Waals surface area contributed by atoms with E-state index in [1.165, 1.54) is 0 Å². The van der Waals surface area contributed by atoms with Crippen LogP contribution in [-0.4, -0.2) is 54.2 Å². The summed E-state index contributed by atoms with van der Waals surface area (Å²) in [5, 5.41) is 0. The fraction of sp³-hybridized carbons (Fsp3) is 0.529. The number of carbonyl (C=O) groups is 2. The smallest absolute Gasteiger partial charge is 0.294 e. The monoisotopic (exact) mass is 288 g/mol. The van der Waals surface area contributed by atoms with Crippen LogP contribution in [0.4, 0.5) is 0 Å². The van der Waals surface area contributed by atoms with Crippen molar-refractivity contribution < 1.29 is 9.59 Å². The lowest BCUT2D eigenvalue weighted by Crippen LogP contribution is -2.45. The molecule has 0 aromatic heterocycles. The van der Waals surface area contributed by atoms with Crippen LogP contribution in [-0.2, 0) is 4.79 Å². The summed E-state index contributed by atoms with van der Waals surface area (Å²) in [7, 11) is 3.83. The molecule has 1 unspecified atom stereocenters. The second-order valence-corrected chi connectivity index (χ2v) is 6.44. The molecule has 4 nitrogen and oxygen atoms in total. The van der Waals surface area contributed by atoms with Gasteiger partial charge in [0.05, 0.1) is 0 Å². The lowest BCUT2D eigenvalue weighted by atomic mass is 9.88. The highest BCUT2D eigenvalue weighted by molar-refractivity contribution is 6.42. The number of hydrogen-bond acceptors (Lipinski definition) is 3. The van der Waals surface area contributed by atoms with E-state index in [4.69, 9.17) is 0 Å². The van der Waals surface area contributed by atoms with Gasteiger partial charge in [-0.05, 0) is 39.8 Å². The Labute approximate surface area is 126 Å². The molecule has 0 N–H and O–H groups in total. The molecule has 1 atom stereocenters. The molecule has 2 rings (SSSR count). The predicted molar refractivity (Wildman–Crippen MR) is 83.2 cm³/mol. The summed E-state index contributed by atoms with van der Waals surface area (Å²) >= 11 is 0. The minimum absolute atomic E-state index is 0.0599. The molecular formula is C17H24N2O2. The highest BCUT2D eigenvalue weighted by Gasteiger charge is 2.40. The first kappa shape index (κ1) is 15.7. The van der Waals surface area contributed by atoms with Gasteiger partial charge in [-0.3, -0.25) is 9.59 Å². The molecule has 0 aliphatic carbocycles. The van der Waals surface area contributed by atoms with Gasteiger partial charge in [0, 0.05) is 24.7 Å². The highest BCUT2D eigenvalue weighted by atomic mass is 16.2. The summed E-state index contributed by atoms with van der Waals surface area (Å²) in [5.41, 5.74) is 0.516. The van der Waals surface area contributed by atoms with E-state index in [-0.39, 0.29) is 5.54 Å². The molecule has 4 heteroatoms. The summed E-state index contributed by atoms with van der Waals surface area (Å²) in [6.07, 6.45) is 1.06. The van der Waals surface area contributed by atoms with Crippen molar-refractivity contribution in [3.8, 4) is 0 Å². The number of ketones is 1. The van der Waals surface area contributed by atoms with Crippen molar-refractivity contribution in [2.75, 3.05) is 27.2 Å². The highest BCUT2D eigenvalue weighted by Crippen LogP contribution is 2.33. The Hall–Kier alpha value is -1.68. The Kier molecular flexibility index (Phi) is 4.47. The topological polar surface area (TPSA) is 40.6 Å². The fourth-order valence-corrected chi connectivity index (χ4v) is 2.92. The van der Waals surface area contributed by atoms with Crippen molar-refractivity contribution in [2.45, 2.75) is 25.8 Å². The quantitative estimate of drug-likeness (QED) is 0.629. The van der Waals surface area contributed by atoms with E-state index in [1.807, 2.05) is 6.07 Å². The molecule has 0 radical (unpaired) electrons. The van der Waals surface area contributed by atoms with E-state index < -0.39 is 11.7 Å². The van der Waals surface area contributed by atoms with Crippen molar-refractivity contribution in [3.05, 3.63) is 35.9 Å².